The smallest absolute Gasteiger partial charge is 0.223 e. The number of hydrogen-bond acceptors (Lipinski definition) is 8. The maximum Gasteiger partial charge on any atom is 0.223 e. The van der Waals surface area contributed by atoms with Crippen molar-refractivity contribution >= 4 is 0 Å². The van der Waals surface area contributed by atoms with E-state index in [0.29, 0.717) is 37.2 Å². The molecule has 1 aliphatic heterocycles. The number of ether oxygens (including phenoxy) is 2. The van der Waals surface area contributed by atoms with Gasteiger partial charge in [-0.05, 0) is 36.6 Å². The van der Waals surface area contributed by atoms with Crippen molar-refractivity contribution in [1.82, 2.24) is 34.5 Å². The summed E-state index contributed by atoms with van der Waals surface area (Å²) in [6, 6.07) is 5.88. The zero-order valence-corrected chi connectivity index (χ0v) is 18.9. The lowest BCUT2D eigenvalue weighted by molar-refractivity contribution is 0.135. The molecule has 0 atom stereocenters. The summed E-state index contributed by atoms with van der Waals surface area (Å²) in [5.41, 5.74) is 4.56. The Bertz CT molecular complexity index is 1430. The predicted octanol–water partition coefficient (Wildman–Crippen LogP) is 3.65. The highest BCUT2D eigenvalue weighted by atomic mass is 16.5. The maximum atomic E-state index is 6.02. The van der Waals surface area contributed by atoms with Crippen LogP contribution in [0.5, 0.6) is 5.75 Å². The molecule has 0 unspecified atom stereocenters. The average molecular weight is 457 g/mol. The van der Waals surface area contributed by atoms with E-state index in [4.69, 9.17) is 14.0 Å². The molecule has 0 saturated heterocycles. The first-order valence-electron chi connectivity index (χ1n) is 11.1. The van der Waals surface area contributed by atoms with E-state index >= 15 is 0 Å². The Hall–Kier alpha value is -4.05. The van der Waals surface area contributed by atoms with Crippen LogP contribution in [0.3, 0.4) is 0 Å². The van der Waals surface area contributed by atoms with E-state index < -0.39 is 0 Å². The van der Waals surface area contributed by atoms with Crippen LogP contribution in [0.15, 0.2) is 52.9 Å². The lowest BCUT2D eigenvalue weighted by atomic mass is 10.1. The predicted molar refractivity (Wildman–Crippen MR) is 122 cm³/mol. The molecule has 0 spiro atoms. The number of rotatable bonds is 6. The highest BCUT2D eigenvalue weighted by Crippen LogP contribution is 2.36. The number of benzene rings is 1. The van der Waals surface area contributed by atoms with Gasteiger partial charge in [-0.2, -0.15) is 4.98 Å². The molecule has 4 aromatic rings. The number of hydrogen-bond donors (Lipinski definition) is 0. The van der Waals surface area contributed by atoms with Crippen LogP contribution in [0.2, 0.25) is 0 Å². The summed E-state index contributed by atoms with van der Waals surface area (Å²) >= 11 is 0. The highest BCUT2D eigenvalue weighted by Gasteiger charge is 2.28. The van der Waals surface area contributed by atoms with Crippen LogP contribution in [0.25, 0.3) is 28.6 Å². The summed E-state index contributed by atoms with van der Waals surface area (Å²) in [6.07, 6.45) is 10.4. The quantitative estimate of drug-likeness (QED) is 0.380. The number of imidazole rings is 1. The molecule has 1 aromatic carbocycles. The maximum absolute atomic E-state index is 6.02. The van der Waals surface area contributed by atoms with Gasteiger partial charge in [0.25, 0.3) is 0 Å². The van der Waals surface area contributed by atoms with Gasteiger partial charge in [0.1, 0.15) is 24.4 Å². The molecule has 10 nitrogen and oxygen atoms in total. The van der Waals surface area contributed by atoms with E-state index in [9.17, 15) is 0 Å². The minimum atomic E-state index is 0.336. The summed E-state index contributed by atoms with van der Waals surface area (Å²) in [5, 5.41) is 13.1. The van der Waals surface area contributed by atoms with Crippen LogP contribution in [0, 0.1) is 6.92 Å². The Balaban J connectivity index is 1.42. The van der Waals surface area contributed by atoms with Crippen LogP contribution >= 0.6 is 0 Å². The normalized spacial score (nSPS) is 14.2. The standard InChI is InChI=1S/C24H23N7O3/c1-15-26-23(29-34-15)22-20-11-30-21(13-33-12-16-6-4-3-5-7-16)27-28-24(30)18-10-17(32-2)8-9-19(18)31(20)14-25-22/h4,6-10,14H,3,5,11-13H2,1-2H3. The highest BCUT2D eigenvalue weighted by molar-refractivity contribution is 5.72. The van der Waals surface area contributed by atoms with E-state index in [2.05, 4.69) is 48.1 Å². The number of methoxy groups -OCH3 is 1. The van der Waals surface area contributed by atoms with Gasteiger partial charge >= 0.3 is 0 Å². The molecule has 3 aromatic heterocycles. The fourth-order valence-corrected chi connectivity index (χ4v) is 4.34. The molecule has 172 valence electrons. The van der Waals surface area contributed by atoms with Crippen molar-refractivity contribution in [3.8, 4) is 34.3 Å². The van der Waals surface area contributed by atoms with Crippen molar-refractivity contribution in [2.45, 2.75) is 32.9 Å². The van der Waals surface area contributed by atoms with Crippen molar-refractivity contribution in [2.24, 2.45) is 0 Å². The van der Waals surface area contributed by atoms with Gasteiger partial charge in [-0.25, -0.2) is 4.98 Å². The summed E-state index contributed by atoms with van der Waals surface area (Å²) < 4.78 is 20.8. The molecule has 10 heteroatoms. The van der Waals surface area contributed by atoms with Crippen molar-refractivity contribution in [3.05, 3.63) is 65.7 Å². The van der Waals surface area contributed by atoms with Crippen LogP contribution in [-0.2, 0) is 17.9 Å². The SMILES string of the molecule is COc1ccc2c(c1)-c1nnc(COCC3=CCCC=C3)n1Cc1c(-c3noc(C)n3)ncn1-2. The first-order valence-corrected chi connectivity index (χ1v) is 11.1. The average Bonchev–Trinajstić information content (AvgIpc) is 3.57. The third-order valence-corrected chi connectivity index (χ3v) is 6.02. The number of aryl methyl sites for hydroxylation is 1. The van der Waals surface area contributed by atoms with E-state index in [1.807, 2.05) is 22.8 Å². The molecule has 0 radical (unpaired) electrons. The van der Waals surface area contributed by atoms with Crippen LogP contribution < -0.4 is 4.74 Å². The molecule has 0 N–H and O–H groups in total. The molecule has 34 heavy (non-hydrogen) atoms. The minimum absolute atomic E-state index is 0.336. The number of nitrogens with zero attached hydrogens (tertiary/aromatic N) is 7. The monoisotopic (exact) mass is 457 g/mol. The first-order chi connectivity index (χ1) is 16.7. The van der Waals surface area contributed by atoms with E-state index in [1.54, 1.807) is 20.4 Å². The second kappa shape index (κ2) is 8.38. The largest absolute Gasteiger partial charge is 0.497 e. The summed E-state index contributed by atoms with van der Waals surface area (Å²) in [6.45, 7) is 3.11. The first kappa shape index (κ1) is 20.5. The van der Waals surface area contributed by atoms with Gasteiger partial charge in [0.05, 0.1) is 31.6 Å². The van der Waals surface area contributed by atoms with E-state index in [-0.39, 0.29) is 0 Å². The van der Waals surface area contributed by atoms with Gasteiger partial charge in [-0.3, -0.25) is 4.57 Å². The van der Waals surface area contributed by atoms with Gasteiger partial charge < -0.3 is 18.6 Å². The molecule has 6 rings (SSSR count). The number of fused-ring (bicyclic) bond motifs is 5. The lowest BCUT2D eigenvalue weighted by Crippen LogP contribution is -2.10. The van der Waals surface area contributed by atoms with Crippen LogP contribution in [0.4, 0.5) is 0 Å². The van der Waals surface area contributed by atoms with Gasteiger partial charge in [0.15, 0.2) is 11.6 Å². The lowest BCUT2D eigenvalue weighted by Gasteiger charge is -2.10. The molecular formula is C24H23N7O3. The molecule has 0 bridgehead atoms. The van der Waals surface area contributed by atoms with E-state index in [0.717, 1.165) is 47.2 Å². The van der Waals surface area contributed by atoms with Gasteiger partial charge in [0.2, 0.25) is 11.7 Å². The Kier molecular flexibility index (Phi) is 5.06. The fraction of sp³-hybridized carbons (Fsp3) is 0.292. The van der Waals surface area contributed by atoms with Gasteiger partial charge in [0, 0.05) is 12.5 Å². The topological polar surface area (TPSA) is 106 Å². The third-order valence-electron chi connectivity index (χ3n) is 6.02. The minimum Gasteiger partial charge on any atom is -0.497 e. The second-order valence-electron chi connectivity index (χ2n) is 8.21. The summed E-state index contributed by atoms with van der Waals surface area (Å²) in [7, 11) is 1.65. The molecule has 0 saturated carbocycles. The molecule has 0 amide bonds. The molecule has 0 fully saturated rings. The zero-order valence-electron chi connectivity index (χ0n) is 18.9. The third kappa shape index (κ3) is 3.52. The molecule has 2 aliphatic rings. The Morgan fingerprint density at radius 1 is 1.15 bits per heavy atom. The van der Waals surface area contributed by atoms with E-state index in [1.165, 1.54) is 5.57 Å². The number of allylic oxidation sites excluding steroid dienone is 2. The van der Waals surface area contributed by atoms with Crippen LogP contribution in [-0.4, -0.2) is 48.2 Å². The summed E-state index contributed by atoms with van der Waals surface area (Å²) in [5.74, 6) is 3.14. The molecule has 4 heterocycles. The zero-order chi connectivity index (χ0) is 23.1. The van der Waals surface area contributed by atoms with Gasteiger partial charge in [-0.15, -0.1) is 10.2 Å². The fourth-order valence-electron chi connectivity index (χ4n) is 4.34. The number of aromatic nitrogens is 7. The Morgan fingerprint density at radius 2 is 2.09 bits per heavy atom. The van der Waals surface area contributed by atoms with Crippen LogP contribution in [0.1, 0.15) is 30.3 Å². The van der Waals surface area contributed by atoms with Gasteiger partial charge in [-0.1, -0.05) is 23.4 Å². The van der Waals surface area contributed by atoms with Crippen molar-refractivity contribution in [2.75, 3.05) is 13.7 Å². The Labute approximate surface area is 195 Å². The van der Waals surface area contributed by atoms with Crippen molar-refractivity contribution in [3.63, 3.8) is 0 Å². The summed E-state index contributed by atoms with van der Waals surface area (Å²) in [4.78, 5) is 9.01. The van der Waals surface area contributed by atoms with Crippen molar-refractivity contribution in [1.29, 1.82) is 0 Å². The molecular weight excluding hydrogens is 434 g/mol. The van der Waals surface area contributed by atoms with Crippen molar-refractivity contribution < 1.29 is 14.0 Å². The second-order valence-corrected chi connectivity index (χ2v) is 8.21. The Morgan fingerprint density at radius 3 is 2.88 bits per heavy atom. The molecule has 1 aliphatic carbocycles.